The molecule has 0 radical (unpaired) electrons. The summed E-state index contributed by atoms with van der Waals surface area (Å²) >= 11 is 0. The summed E-state index contributed by atoms with van der Waals surface area (Å²) < 4.78 is 0. The van der Waals surface area contributed by atoms with Crippen molar-refractivity contribution in [1.29, 1.82) is 5.26 Å². The molecular formula is C17H16N2O3. The van der Waals surface area contributed by atoms with E-state index in [0.29, 0.717) is 12.1 Å². The van der Waals surface area contributed by atoms with Gasteiger partial charge in [-0.3, -0.25) is 4.79 Å². The largest absolute Gasteiger partial charge is 0.504 e. The molecule has 0 fully saturated rings. The van der Waals surface area contributed by atoms with E-state index in [-0.39, 0.29) is 17.1 Å². The zero-order valence-corrected chi connectivity index (χ0v) is 11.9. The molecule has 0 aliphatic heterocycles. The van der Waals surface area contributed by atoms with E-state index in [1.54, 1.807) is 0 Å². The molecule has 0 spiro atoms. The average molecular weight is 296 g/mol. The van der Waals surface area contributed by atoms with Crippen LogP contribution in [-0.4, -0.2) is 22.7 Å². The SMILES string of the molecule is N#CC(=Cc1ccc(O)c(O)c1)C(=O)NCC1=CC=CCC1. The van der Waals surface area contributed by atoms with Crippen molar-refractivity contribution in [1.82, 2.24) is 5.32 Å². The van der Waals surface area contributed by atoms with E-state index in [1.807, 2.05) is 18.2 Å². The van der Waals surface area contributed by atoms with Gasteiger partial charge in [0.25, 0.3) is 5.91 Å². The second kappa shape index (κ2) is 7.14. The van der Waals surface area contributed by atoms with Crippen LogP contribution in [0.2, 0.25) is 0 Å². The maximum absolute atomic E-state index is 12.0. The predicted octanol–water partition coefficient (Wildman–Crippen LogP) is 2.40. The third kappa shape index (κ3) is 4.00. The minimum absolute atomic E-state index is 0.0583. The Bertz CT molecular complexity index is 709. The lowest BCUT2D eigenvalue weighted by Gasteiger charge is -2.10. The molecule has 5 nitrogen and oxygen atoms in total. The number of rotatable bonds is 4. The number of phenols is 2. The van der Waals surface area contributed by atoms with Gasteiger partial charge in [0, 0.05) is 6.54 Å². The molecular weight excluding hydrogens is 280 g/mol. The van der Waals surface area contributed by atoms with Crippen molar-refractivity contribution >= 4 is 12.0 Å². The summed E-state index contributed by atoms with van der Waals surface area (Å²) in [5.41, 5.74) is 1.51. The Morgan fingerprint density at radius 1 is 1.36 bits per heavy atom. The fraction of sp³-hybridized carbons (Fsp3) is 0.176. The molecule has 0 unspecified atom stereocenters. The Kier molecular flexibility index (Phi) is 4.99. The summed E-state index contributed by atoms with van der Waals surface area (Å²) in [5.74, 6) is -1.02. The Labute approximate surface area is 128 Å². The van der Waals surface area contributed by atoms with Crippen LogP contribution in [0.5, 0.6) is 11.5 Å². The molecule has 1 aromatic carbocycles. The minimum atomic E-state index is -0.467. The Morgan fingerprint density at radius 2 is 2.18 bits per heavy atom. The quantitative estimate of drug-likeness (QED) is 0.452. The summed E-state index contributed by atoms with van der Waals surface area (Å²) in [4.78, 5) is 12.0. The van der Waals surface area contributed by atoms with Crippen molar-refractivity contribution in [3.63, 3.8) is 0 Å². The Morgan fingerprint density at radius 3 is 2.82 bits per heavy atom. The molecule has 0 bridgehead atoms. The minimum Gasteiger partial charge on any atom is -0.504 e. The molecule has 0 saturated carbocycles. The second-order valence-corrected chi connectivity index (χ2v) is 4.89. The Hall–Kier alpha value is -3.00. The number of allylic oxidation sites excluding steroid dienone is 3. The van der Waals surface area contributed by atoms with Gasteiger partial charge in [-0.1, -0.05) is 29.9 Å². The number of carbonyl (C=O) groups is 1. The molecule has 1 amide bonds. The van der Waals surface area contributed by atoms with Gasteiger partial charge in [0.15, 0.2) is 11.5 Å². The van der Waals surface area contributed by atoms with E-state index in [1.165, 1.54) is 24.3 Å². The van der Waals surface area contributed by atoms with E-state index in [9.17, 15) is 15.0 Å². The van der Waals surface area contributed by atoms with Crippen molar-refractivity contribution in [3.8, 4) is 17.6 Å². The van der Waals surface area contributed by atoms with Crippen LogP contribution >= 0.6 is 0 Å². The molecule has 22 heavy (non-hydrogen) atoms. The summed E-state index contributed by atoms with van der Waals surface area (Å²) in [5, 5.41) is 30.5. The van der Waals surface area contributed by atoms with Crippen LogP contribution in [0.1, 0.15) is 18.4 Å². The number of benzene rings is 1. The molecule has 2 rings (SSSR count). The summed E-state index contributed by atoms with van der Waals surface area (Å²) in [6, 6.07) is 5.94. The Balaban J connectivity index is 2.06. The zero-order chi connectivity index (χ0) is 15.9. The molecule has 0 saturated heterocycles. The van der Waals surface area contributed by atoms with Gasteiger partial charge in [-0.2, -0.15) is 5.26 Å². The highest BCUT2D eigenvalue weighted by Crippen LogP contribution is 2.25. The van der Waals surface area contributed by atoms with Crippen molar-refractivity contribution in [2.75, 3.05) is 6.54 Å². The average Bonchev–Trinajstić information content (AvgIpc) is 2.54. The predicted molar refractivity (Wildman–Crippen MR) is 82.8 cm³/mol. The van der Waals surface area contributed by atoms with E-state index in [4.69, 9.17) is 5.26 Å². The third-order valence-electron chi connectivity index (χ3n) is 3.25. The van der Waals surface area contributed by atoms with E-state index >= 15 is 0 Å². The monoisotopic (exact) mass is 296 g/mol. The summed E-state index contributed by atoms with van der Waals surface area (Å²) in [7, 11) is 0. The first-order chi connectivity index (χ1) is 10.6. The van der Waals surface area contributed by atoms with E-state index < -0.39 is 5.91 Å². The van der Waals surface area contributed by atoms with Crippen molar-refractivity contribution in [2.24, 2.45) is 0 Å². The van der Waals surface area contributed by atoms with E-state index in [2.05, 4.69) is 11.4 Å². The van der Waals surface area contributed by atoms with Gasteiger partial charge < -0.3 is 15.5 Å². The van der Waals surface area contributed by atoms with Crippen LogP contribution in [-0.2, 0) is 4.79 Å². The molecule has 0 aromatic heterocycles. The van der Waals surface area contributed by atoms with Crippen molar-refractivity contribution in [2.45, 2.75) is 12.8 Å². The van der Waals surface area contributed by atoms with Crippen LogP contribution in [0.3, 0.4) is 0 Å². The van der Waals surface area contributed by atoms with Gasteiger partial charge in [-0.25, -0.2) is 0 Å². The molecule has 3 N–H and O–H groups in total. The highest BCUT2D eigenvalue weighted by Gasteiger charge is 2.10. The summed E-state index contributed by atoms with van der Waals surface area (Å²) in [6.45, 7) is 0.406. The highest BCUT2D eigenvalue weighted by molar-refractivity contribution is 6.01. The van der Waals surface area contributed by atoms with Crippen LogP contribution in [0, 0.1) is 11.3 Å². The number of hydrogen-bond acceptors (Lipinski definition) is 4. The standard InChI is InChI=1S/C17H16N2O3/c18-10-14(8-13-6-7-15(20)16(21)9-13)17(22)19-11-12-4-2-1-3-5-12/h1-2,4,6-9,20-21H,3,5,11H2,(H,19,22). The lowest BCUT2D eigenvalue weighted by atomic mass is 10.1. The molecule has 1 aromatic rings. The number of phenolic OH excluding ortho intramolecular Hbond substituents is 2. The number of amides is 1. The fourth-order valence-corrected chi connectivity index (χ4v) is 2.03. The number of nitrogens with zero attached hydrogens (tertiary/aromatic N) is 1. The normalized spacial score (nSPS) is 14.1. The maximum atomic E-state index is 12.0. The van der Waals surface area contributed by atoms with E-state index in [0.717, 1.165) is 18.4 Å². The number of carbonyl (C=O) groups excluding carboxylic acids is 1. The van der Waals surface area contributed by atoms with Gasteiger partial charge in [-0.05, 0) is 36.6 Å². The molecule has 0 atom stereocenters. The highest BCUT2D eigenvalue weighted by atomic mass is 16.3. The number of nitrogens with one attached hydrogen (secondary N) is 1. The lowest BCUT2D eigenvalue weighted by Crippen LogP contribution is -2.26. The molecule has 1 aliphatic carbocycles. The van der Waals surface area contributed by atoms with Crippen LogP contribution in [0.4, 0.5) is 0 Å². The van der Waals surface area contributed by atoms with Crippen LogP contribution < -0.4 is 5.32 Å². The number of hydrogen-bond donors (Lipinski definition) is 3. The molecule has 0 heterocycles. The zero-order valence-electron chi connectivity index (χ0n) is 11.9. The van der Waals surface area contributed by atoms with Crippen molar-refractivity contribution < 1.29 is 15.0 Å². The van der Waals surface area contributed by atoms with Gasteiger partial charge in [-0.15, -0.1) is 0 Å². The van der Waals surface area contributed by atoms with Gasteiger partial charge in [0.1, 0.15) is 11.6 Å². The van der Waals surface area contributed by atoms with Gasteiger partial charge in [0.05, 0.1) is 0 Å². The molecule has 1 aliphatic rings. The first kappa shape index (κ1) is 15.4. The summed E-state index contributed by atoms with van der Waals surface area (Å²) in [6.07, 6.45) is 9.18. The number of nitriles is 1. The van der Waals surface area contributed by atoms with Gasteiger partial charge >= 0.3 is 0 Å². The van der Waals surface area contributed by atoms with Crippen molar-refractivity contribution in [3.05, 3.63) is 53.1 Å². The molecule has 5 heteroatoms. The lowest BCUT2D eigenvalue weighted by molar-refractivity contribution is -0.116. The van der Waals surface area contributed by atoms with Crippen LogP contribution in [0.25, 0.3) is 6.08 Å². The molecule has 112 valence electrons. The van der Waals surface area contributed by atoms with Gasteiger partial charge in [0.2, 0.25) is 0 Å². The topological polar surface area (TPSA) is 93.3 Å². The smallest absolute Gasteiger partial charge is 0.262 e. The third-order valence-corrected chi connectivity index (χ3v) is 3.25. The first-order valence-corrected chi connectivity index (χ1v) is 6.86. The van der Waals surface area contributed by atoms with Crippen LogP contribution in [0.15, 0.2) is 47.6 Å². The first-order valence-electron chi connectivity index (χ1n) is 6.86. The second-order valence-electron chi connectivity index (χ2n) is 4.89. The number of aromatic hydroxyl groups is 2. The maximum Gasteiger partial charge on any atom is 0.262 e. The fourth-order valence-electron chi connectivity index (χ4n) is 2.03.